The fraction of sp³-hybridized carbons (Fsp3) is 0.562. The van der Waals surface area contributed by atoms with Crippen LogP contribution in [0.1, 0.15) is 41.1 Å². The molecule has 2 aliphatic heterocycles. The van der Waals surface area contributed by atoms with Gasteiger partial charge in [-0.3, -0.25) is 4.79 Å². The van der Waals surface area contributed by atoms with Crippen molar-refractivity contribution in [3.63, 3.8) is 0 Å². The monoisotopic (exact) mass is 348 g/mol. The molecule has 2 aliphatic rings. The molecule has 7 heteroatoms. The zero-order valence-corrected chi connectivity index (χ0v) is 13.5. The minimum absolute atomic E-state index is 0. The molecule has 3 nitrogen and oxygen atoms in total. The molecule has 0 saturated carbocycles. The number of carbonyl (C=O) groups excluding carboxylic acids is 1. The third-order valence-corrected chi connectivity index (χ3v) is 4.49. The van der Waals surface area contributed by atoms with Gasteiger partial charge in [-0.2, -0.15) is 0 Å². The van der Waals surface area contributed by atoms with Crippen LogP contribution in [0.2, 0.25) is 0 Å². The first-order valence-electron chi connectivity index (χ1n) is 7.64. The Hall–Kier alpha value is -1.27. The first-order chi connectivity index (χ1) is 10.5. The average molecular weight is 349 g/mol. The van der Waals surface area contributed by atoms with Crippen LogP contribution in [0, 0.1) is 5.82 Å². The molecule has 3 rings (SSSR count). The van der Waals surface area contributed by atoms with E-state index in [1.165, 1.54) is 6.07 Å². The molecule has 1 N–H and O–H groups in total. The van der Waals surface area contributed by atoms with E-state index in [-0.39, 0.29) is 36.9 Å². The second-order valence-electron chi connectivity index (χ2n) is 6.07. The molecule has 2 saturated heterocycles. The van der Waals surface area contributed by atoms with E-state index in [1.807, 2.05) is 0 Å². The van der Waals surface area contributed by atoms with E-state index in [1.54, 1.807) is 12.1 Å². The second-order valence-corrected chi connectivity index (χ2v) is 6.07. The van der Waals surface area contributed by atoms with Crippen molar-refractivity contribution in [1.82, 2.24) is 10.2 Å². The van der Waals surface area contributed by atoms with Crippen molar-refractivity contribution in [2.75, 3.05) is 26.2 Å². The first-order valence-corrected chi connectivity index (χ1v) is 7.64. The number of halogens is 4. The number of carbonyl (C=O) groups is 1. The number of rotatable bonds is 2. The lowest BCUT2D eigenvalue weighted by atomic mass is 9.88. The van der Waals surface area contributed by atoms with E-state index in [4.69, 9.17) is 0 Å². The fourth-order valence-electron chi connectivity index (χ4n) is 3.24. The zero-order valence-electron chi connectivity index (χ0n) is 12.7. The van der Waals surface area contributed by atoms with Gasteiger partial charge >= 0.3 is 0 Å². The van der Waals surface area contributed by atoms with Crippen LogP contribution in [0.3, 0.4) is 0 Å². The smallest absolute Gasteiger partial charge is 0.267 e. The first kappa shape index (κ1) is 18.1. The van der Waals surface area contributed by atoms with Crippen LogP contribution < -0.4 is 5.32 Å². The Morgan fingerprint density at radius 3 is 2.57 bits per heavy atom. The molecule has 0 aromatic heterocycles. The van der Waals surface area contributed by atoms with E-state index in [2.05, 4.69) is 5.32 Å². The topological polar surface area (TPSA) is 32.3 Å². The lowest BCUT2D eigenvalue weighted by Crippen LogP contribution is -2.32. The number of alkyl halides is 2. The van der Waals surface area contributed by atoms with Gasteiger partial charge < -0.3 is 10.2 Å². The normalized spacial score (nSPS) is 21.1. The van der Waals surface area contributed by atoms with Crippen LogP contribution in [0.4, 0.5) is 13.2 Å². The van der Waals surface area contributed by atoms with Crippen LogP contribution in [0.5, 0.6) is 0 Å². The molecule has 23 heavy (non-hydrogen) atoms. The van der Waals surface area contributed by atoms with Crippen molar-refractivity contribution in [2.24, 2.45) is 0 Å². The SMILES string of the molecule is Cl.O=C(c1cccc(C2CCNCC2)c1F)N1CCC(F)(F)C1. The molecule has 2 fully saturated rings. The van der Waals surface area contributed by atoms with Gasteiger partial charge in [0.25, 0.3) is 11.8 Å². The van der Waals surface area contributed by atoms with Crippen LogP contribution in [0.25, 0.3) is 0 Å². The molecule has 0 atom stereocenters. The number of likely N-dealkylation sites (tertiary alicyclic amines) is 1. The van der Waals surface area contributed by atoms with Gasteiger partial charge in [-0.1, -0.05) is 12.1 Å². The Bertz CT molecular complexity index is 576. The van der Waals surface area contributed by atoms with E-state index in [9.17, 15) is 18.0 Å². The predicted octanol–water partition coefficient (Wildman–Crippen LogP) is 3.20. The maximum atomic E-state index is 14.7. The number of piperidine rings is 1. The molecule has 1 aromatic carbocycles. The lowest BCUT2D eigenvalue weighted by molar-refractivity contribution is 0.0119. The van der Waals surface area contributed by atoms with Crippen LogP contribution in [-0.2, 0) is 0 Å². The summed E-state index contributed by atoms with van der Waals surface area (Å²) in [6.45, 7) is 0.993. The molecule has 1 amide bonds. The molecule has 0 unspecified atom stereocenters. The number of hydrogen-bond donors (Lipinski definition) is 1. The quantitative estimate of drug-likeness (QED) is 0.890. The number of hydrogen-bond acceptors (Lipinski definition) is 2. The van der Waals surface area contributed by atoms with Crippen molar-refractivity contribution in [2.45, 2.75) is 31.1 Å². The summed E-state index contributed by atoms with van der Waals surface area (Å²) < 4.78 is 41.2. The minimum Gasteiger partial charge on any atom is -0.332 e. The molecule has 0 radical (unpaired) electrons. The Morgan fingerprint density at radius 2 is 1.96 bits per heavy atom. The number of nitrogens with one attached hydrogen (secondary N) is 1. The summed E-state index contributed by atoms with van der Waals surface area (Å²) in [7, 11) is 0. The third kappa shape index (κ3) is 3.80. The van der Waals surface area contributed by atoms with Crippen LogP contribution in [-0.4, -0.2) is 42.9 Å². The highest BCUT2D eigenvalue weighted by Gasteiger charge is 2.41. The highest BCUT2D eigenvalue weighted by Crippen LogP contribution is 2.31. The molecular formula is C16H20ClF3N2O. The Kier molecular flexibility index (Phi) is 5.57. The van der Waals surface area contributed by atoms with Gasteiger partial charge in [0.05, 0.1) is 12.1 Å². The van der Waals surface area contributed by atoms with E-state index in [0.717, 1.165) is 30.8 Å². The largest absolute Gasteiger partial charge is 0.332 e. The van der Waals surface area contributed by atoms with Gasteiger partial charge in [-0.05, 0) is 43.5 Å². The van der Waals surface area contributed by atoms with Crippen LogP contribution in [0.15, 0.2) is 18.2 Å². The summed E-state index contributed by atoms with van der Waals surface area (Å²) in [5.41, 5.74) is 0.437. The van der Waals surface area contributed by atoms with Gasteiger partial charge in [0.1, 0.15) is 5.82 Å². The lowest BCUT2D eigenvalue weighted by Gasteiger charge is -2.24. The van der Waals surface area contributed by atoms with Gasteiger partial charge in [0, 0.05) is 13.0 Å². The highest BCUT2D eigenvalue weighted by molar-refractivity contribution is 5.95. The van der Waals surface area contributed by atoms with Crippen molar-refractivity contribution < 1.29 is 18.0 Å². The van der Waals surface area contributed by atoms with Gasteiger partial charge in [-0.25, -0.2) is 13.2 Å². The van der Waals surface area contributed by atoms with E-state index >= 15 is 0 Å². The molecule has 2 heterocycles. The summed E-state index contributed by atoms with van der Waals surface area (Å²) in [6.07, 6.45) is 1.28. The number of amides is 1. The molecule has 0 spiro atoms. The molecule has 128 valence electrons. The molecular weight excluding hydrogens is 329 g/mol. The second kappa shape index (κ2) is 7.09. The van der Waals surface area contributed by atoms with Gasteiger partial charge in [-0.15, -0.1) is 12.4 Å². The van der Waals surface area contributed by atoms with Crippen molar-refractivity contribution in [1.29, 1.82) is 0 Å². The van der Waals surface area contributed by atoms with E-state index in [0.29, 0.717) is 5.56 Å². The maximum Gasteiger partial charge on any atom is 0.267 e. The standard InChI is InChI=1S/C16H19F3N2O.ClH/c17-14-12(11-4-7-20-8-5-11)2-1-3-13(14)15(22)21-9-6-16(18,19)10-21;/h1-3,11,20H,4-10H2;1H. The number of benzene rings is 1. The molecule has 0 bridgehead atoms. The third-order valence-electron chi connectivity index (χ3n) is 4.49. The summed E-state index contributed by atoms with van der Waals surface area (Å²) >= 11 is 0. The van der Waals surface area contributed by atoms with Crippen molar-refractivity contribution >= 4 is 18.3 Å². The fourth-order valence-corrected chi connectivity index (χ4v) is 3.24. The maximum absolute atomic E-state index is 14.7. The average Bonchev–Trinajstić information content (AvgIpc) is 2.88. The van der Waals surface area contributed by atoms with Crippen molar-refractivity contribution in [3.8, 4) is 0 Å². The highest BCUT2D eigenvalue weighted by atomic mass is 35.5. The van der Waals surface area contributed by atoms with Crippen LogP contribution >= 0.6 is 12.4 Å². The Balaban J connectivity index is 0.00000192. The van der Waals surface area contributed by atoms with E-state index < -0.39 is 24.2 Å². The van der Waals surface area contributed by atoms with Gasteiger partial charge in [0.15, 0.2) is 0 Å². The van der Waals surface area contributed by atoms with Crippen molar-refractivity contribution in [3.05, 3.63) is 35.1 Å². The minimum atomic E-state index is -2.86. The summed E-state index contributed by atoms with van der Waals surface area (Å²) in [5.74, 6) is -3.97. The molecule has 0 aliphatic carbocycles. The summed E-state index contributed by atoms with van der Waals surface area (Å²) in [4.78, 5) is 13.4. The Morgan fingerprint density at radius 1 is 1.26 bits per heavy atom. The summed E-state index contributed by atoms with van der Waals surface area (Å²) in [5, 5.41) is 3.21. The van der Waals surface area contributed by atoms with Gasteiger partial charge in [0.2, 0.25) is 0 Å². The summed E-state index contributed by atoms with van der Waals surface area (Å²) in [6, 6.07) is 4.72. The zero-order chi connectivity index (χ0) is 15.7. The molecule has 1 aromatic rings. The predicted molar refractivity (Wildman–Crippen MR) is 84.0 cm³/mol. The Labute approximate surface area is 139 Å². The number of nitrogens with zero attached hydrogens (tertiary/aromatic N) is 1.